The number of halogens is 3. The van der Waals surface area contributed by atoms with Crippen molar-refractivity contribution in [2.24, 2.45) is 5.92 Å². The number of nitrogens with zero attached hydrogens (tertiary/aromatic N) is 1. The van der Waals surface area contributed by atoms with Gasteiger partial charge in [0.05, 0.1) is 17.6 Å². The van der Waals surface area contributed by atoms with Crippen molar-refractivity contribution in [2.45, 2.75) is 84.1 Å². The maximum atomic E-state index is 14.7. The highest BCUT2D eigenvalue weighted by Crippen LogP contribution is 2.34. The van der Waals surface area contributed by atoms with Gasteiger partial charge in [-0.15, -0.1) is 0 Å². The van der Waals surface area contributed by atoms with E-state index < -0.39 is 35.9 Å². The number of hydrogen-bond acceptors (Lipinski definition) is 3. The molecule has 39 heavy (non-hydrogen) atoms. The zero-order valence-corrected chi connectivity index (χ0v) is 23.6. The number of likely N-dealkylation sites (tertiary alicyclic amines) is 1. The summed E-state index contributed by atoms with van der Waals surface area (Å²) < 4.78 is 28.7. The van der Waals surface area contributed by atoms with Gasteiger partial charge in [-0.1, -0.05) is 43.6 Å². The van der Waals surface area contributed by atoms with Crippen LogP contribution >= 0.6 is 11.6 Å². The van der Waals surface area contributed by atoms with Gasteiger partial charge in [0.2, 0.25) is 17.7 Å². The normalized spacial score (nSPS) is 21.8. The van der Waals surface area contributed by atoms with Crippen molar-refractivity contribution in [3.05, 3.63) is 69.0 Å². The molecule has 210 valence electrons. The van der Waals surface area contributed by atoms with Crippen LogP contribution in [0.4, 0.5) is 8.78 Å². The van der Waals surface area contributed by atoms with Crippen molar-refractivity contribution < 1.29 is 23.2 Å². The van der Waals surface area contributed by atoms with Crippen LogP contribution in [0.2, 0.25) is 5.02 Å². The predicted octanol–water partition coefficient (Wildman–Crippen LogP) is 4.91. The molecule has 9 heteroatoms. The molecule has 1 aliphatic carbocycles. The largest absolute Gasteiger partial charge is 0.347 e. The van der Waals surface area contributed by atoms with Crippen LogP contribution in [0.15, 0.2) is 30.3 Å². The maximum absolute atomic E-state index is 14.7. The molecular weight excluding hydrogens is 524 g/mol. The second-order valence-corrected chi connectivity index (χ2v) is 11.3. The highest BCUT2D eigenvalue weighted by Gasteiger charge is 2.43. The van der Waals surface area contributed by atoms with Crippen LogP contribution in [-0.4, -0.2) is 47.4 Å². The molecule has 1 heterocycles. The third-order valence-corrected chi connectivity index (χ3v) is 8.42. The van der Waals surface area contributed by atoms with E-state index in [2.05, 4.69) is 10.6 Å². The molecule has 0 aromatic heterocycles. The van der Waals surface area contributed by atoms with E-state index in [1.807, 2.05) is 32.0 Å². The van der Waals surface area contributed by atoms with Crippen LogP contribution in [0, 0.1) is 25.6 Å². The molecule has 2 aromatic carbocycles. The quantitative estimate of drug-likeness (QED) is 0.482. The van der Waals surface area contributed by atoms with Crippen molar-refractivity contribution in [1.82, 2.24) is 15.5 Å². The second kappa shape index (κ2) is 12.0. The Balaban J connectivity index is 1.57. The molecule has 1 saturated heterocycles. The van der Waals surface area contributed by atoms with Gasteiger partial charge in [0.15, 0.2) is 0 Å². The minimum Gasteiger partial charge on any atom is -0.347 e. The molecule has 0 unspecified atom stereocenters. The molecule has 2 aliphatic rings. The molecule has 1 aliphatic heterocycles. The molecule has 1 fully saturated rings. The Morgan fingerprint density at radius 2 is 1.92 bits per heavy atom. The first-order valence-corrected chi connectivity index (χ1v) is 14.0. The fourth-order valence-electron chi connectivity index (χ4n) is 5.56. The maximum Gasteiger partial charge on any atom is 0.246 e. The van der Waals surface area contributed by atoms with Gasteiger partial charge in [-0.3, -0.25) is 14.4 Å². The van der Waals surface area contributed by atoms with Crippen LogP contribution in [0.25, 0.3) is 0 Å². The summed E-state index contributed by atoms with van der Waals surface area (Å²) >= 11 is 6.00. The lowest BCUT2D eigenvalue weighted by Gasteiger charge is -2.30. The van der Waals surface area contributed by atoms with Crippen molar-refractivity contribution in [3.8, 4) is 0 Å². The number of carbonyl (C=O) groups is 3. The molecule has 4 rings (SSSR count). The lowest BCUT2D eigenvalue weighted by Crippen LogP contribution is -2.55. The number of nitrogens with one attached hydrogen (secondary N) is 2. The van der Waals surface area contributed by atoms with E-state index in [1.165, 1.54) is 28.2 Å². The van der Waals surface area contributed by atoms with E-state index >= 15 is 0 Å². The summed E-state index contributed by atoms with van der Waals surface area (Å²) in [6.07, 6.45) is 0.704. The number of benzene rings is 2. The Morgan fingerprint density at radius 1 is 1.18 bits per heavy atom. The molecule has 5 atom stereocenters. The van der Waals surface area contributed by atoms with Gasteiger partial charge in [0.25, 0.3) is 0 Å². The van der Waals surface area contributed by atoms with Crippen LogP contribution in [0.3, 0.4) is 0 Å². The van der Waals surface area contributed by atoms with Crippen molar-refractivity contribution in [1.29, 1.82) is 0 Å². The fraction of sp³-hybridized carbons (Fsp3) is 0.500. The molecule has 0 radical (unpaired) electrons. The van der Waals surface area contributed by atoms with Gasteiger partial charge < -0.3 is 15.5 Å². The SMILES string of the molecule is CC[C@@H](C)C(=O)N[C@@H](Cc1cc(Cl)c(F)cc1C)C(=O)N1C[C@H](F)C[C@H]1C(=O)N[C@@H]1CCc2c(C)cccc21. The van der Waals surface area contributed by atoms with Gasteiger partial charge in [-0.05, 0) is 73.1 Å². The summed E-state index contributed by atoms with van der Waals surface area (Å²) in [7, 11) is 0. The highest BCUT2D eigenvalue weighted by molar-refractivity contribution is 6.30. The van der Waals surface area contributed by atoms with E-state index in [0.717, 1.165) is 18.4 Å². The monoisotopic (exact) mass is 559 g/mol. The van der Waals surface area contributed by atoms with Gasteiger partial charge in [-0.25, -0.2) is 8.78 Å². The first-order chi connectivity index (χ1) is 18.5. The van der Waals surface area contributed by atoms with E-state index in [1.54, 1.807) is 13.8 Å². The Bertz CT molecular complexity index is 1270. The van der Waals surface area contributed by atoms with Gasteiger partial charge in [0.1, 0.15) is 24.1 Å². The van der Waals surface area contributed by atoms with Gasteiger partial charge >= 0.3 is 0 Å². The molecular formula is C30H36ClF2N3O3. The van der Waals surface area contributed by atoms with E-state index in [-0.39, 0.29) is 42.3 Å². The number of hydrogen-bond donors (Lipinski definition) is 2. The van der Waals surface area contributed by atoms with Crippen molar-refractivity contribution in [3.63, 3.8) is 0 Å². The molecule has 6 nitrogen and oxygen atoms in total. The Kier molecular flexibility index (Phi) is 8.94. The predicted molar refractivity (Wildman–Crippen MR) is 147 cm³/mol. The van der Waals surface area contributed by atoms with E-state index in [9.17, 15) is 23.2 Å². The Morgan fingerprint density at radius 3 is 2.64 bits per heavy atom. The zero-order valence-electron chi connectivity index (χ0n) is 22.8. The zero-order chi connectivity index (χ0) is 28.4. The standard InChI is InChI=1S/C30H36ClF2N3O3/c1-5-16(2)28(37)35-26(13-19-12-23(31)24(33)11-18(19)4)30(39)36-15-20(32)14-27(36)29(38)34-25-10-9-21-17(3)7-6-8-22(21)25/h6-8,11-12,16,20,25-27H,5,9-10,13-15H2,1-4H3,(H,34,38)(H,35,37)/t16-,20-,25-,26+,27+/m1/s1. The number of amides is 3. The first kappa shape index (κ1) is 29.0. The van der Waals surface area contributed by atoms with Crippen LogP contribution in [0.1, 0.15) is 67.0 Å². The number of carbonyl (C=O) groups excluding carboxylic acids is 3. The first-order valence-electron chi connectivity index (χ1n) is 13.6. The van der Waals surface area contributed by atoms with Gasteiger partial charge in [0, 0.05) is 18.8 Å². The van der Waals surface area contributed by atoms with Crippen molar-refractivity contribution >= 4 is 29.3 Å². The second-order valence-electron chi connectivity index (χ2n) is 10.8. The molecule has 2 aromatic rings. The highest BCUT2D eigenvalue weighted by atomic mass is 35.5. The lowest BCUT2D eigenvalue weighted by molar-refractivity contribution is -0.142. The lowest BCUT2D eigenvalue weighted by atomic mass is 9.98. The van der Waals surface area contributed by atoms with Crippen molar-refractivity contribution in [2.75, 3.05) is 6.54 Å². The Hall–Kier alpha value is -3.00. The summed E-state index contributed by atoms with van der Waals surface area (Å²) in [5, 5.41) is 5.75. The number of rotatable bonds is 8. The molecule has 0 spiro atoms. The molecule has 0 saturated carbocycles. The van der Waals surface area contributed by atoms with Crippen LogP contribution < -0.4 is 10.6 Å². The average molecular weight is 560 g/mol. The van der Waals surface area contributed by atoms with Crippen LogP contribution in [0.5, 0.6) is 0 Å². The number of alkyl halides is 1. The minimum atomic E-state index is -1.37. The summed E-state index contributed by atoms with van der Waals surface area (Å²) in [4.78, 5) is 41.4. The molecule has 0 bridgehead atoms. The van der Waals surface area contributed by atoms with Gasteiger partial charge in [-0.2, -0.15) is 0 Å². The topological polar surface area (TPSA) is 78.5 Å². The summed E-state index contributed by atoms with van der Waals surface area (Å²) in [5.41, 5.74) is 4.59. The minimum absolute atomic E-state index is 0.0317. The fourth-order valence-corrected chi connectivity index (χ4v) is 5.74. The third-order valence-electron chi connectivity index (χ3n) is 8.13. The number of fused-ring (bicyclic) bond motifs is 1. The number of aryl methyl sites for hydroxylation is 2. The third kappa shape index (κ3) is 6.26. The smallest absolute Gasteiger partial charge is 0.246 e. The van der Waals surface area contributed by atoms with E-state index in [4.69, 9.17) is 11.6 Å². The molecule has 3 amide bonds. The summed E-state index contributed by atoms with van der Waals surface area (Å²) in [6, 6.07) is 6.44. The summed E-state index contributed by atoms with van der Waals surface area (Å²) in [5.74, 6) is -2.21. The Labute approximate surface area is 233 Å². The van der Waals surface area contributed by atoms with Crippen LogP contribution in [-0.2, 0) is 27.2 Å². The molecule has 2 N–H and O–H groups in total. The average Bonchev–Trinajstić information content (AvgIpc) is 3.50. The summed E-state index contributed by atoms with van der Waals surface area (Å²) in [6.45, 7) is 7.11. The van der Waals surface area contributed by atoms with E-state index in [0.29, 0.717) is 17.5 Å².